The van der Waals surface area contributed by atoms with E-state index in [4.69, 9.17) is 4.74 Å². The van der Waals surface area contributed by atoms with Gasteiger partial charge >= 0.3 is 5.97 Å². The molecule has 33 heavy (non-hydrogen) atoms. The number of carbonyl (C=O) groups is 2. The van der Waals surface area contributed by atoms with Gasteiger partial charge in [-0.05, 0) is 80.6 Å². The lowest BCUT2D eigenvalue weighted by Gasteiger charge is -2.57. The van der Waals surface area contributed by atoms with E-state index in [1.165, 1.54) is 69.8 Å². The molecule has 0 aromatic rings. The number of allylic oxidation sites excluding steroid dienone is 1. The maximum Gasteiger partial charge on any atom is 0.306 e. The molecule has 3 nitrogen and oxygen atoms in total. The van der Waals surface area contributed by atoms with Gasteiger partial charge in [-0.1, -0.05) is 71.3 Å². The summed E-state index contributed by atoms with van der Waals surface area (Å²) in [4.78, 5) is 24.7. The van der Waals surface area contributed by atoms with Crippen molar-refractivity contribution >= 4 is 11.8 Å². The van der Waals surface area contributed by atoms with Crippen LogP contribution in [0.25, 0.3) is 0 Å². The fourth-order valence-electron chi connectivity index (χ4n) is 8.33. The molecule has 0 radical (unpaired) electrons. The highest BCUT2D eigenvalue weighted by molar-refractivity contribution is 5.91. The van der Waals surface area contributed by atoms with Crippen LogP contribution in [0.1, 0.15) is 130 Å². The Bertz CT molecular complexity index is 739. The Balaban J connectivity index is 1.27. The van der Waals surface area contributed by atoms with Gasteiger partial charge in [-0.25, -0.2) is 0 Å². The van der Waals surface area contributed by atoms with Gasteiger partial charge in [0.1, 0.15) is 6.10 Å². The van der Waals surface area contributed by atoms with Crippen LogP contribution < -0.4 is 0 Å². The number of ketones is 1. The molecule has 0 saturated heterocycles. The zero-order valence-electron chi connectivity index (χ0n) is 21.6. The molecule has 4 aliphatic carbocycles. The van der Waals surface area contributed by atoms with Crippen LogP contribution >= 0.6 is 0 Å². The second-order valence-electron chi connectivity index (χ2n) is 12.3. The third-order valence-electron chi connectivity index (χ3n) is 10.4. The molecule has 0 aliphatic heterocycles. The number of hydrogen-bond donors (Lipinski definition) is 0. The van der Waals surface area contributed by atoms with Gasteiger partial charge in [-0.2, -0.15) is 0 Å². The monoisotopic (exact) mass is 456 g/mol. The molecular formula is C30H48O3. The SMILES string of the molecule is CCCCCCCCCCC(=O)O[C@H]1CC[C@@H]2[C@H]3CCC4=CC(=O)CC[C@]4(C)[C@@H]3CC[C@]12C. The highest BCUT2D eigenvalue weighted by atomic mass is 16.5. The van der Waals surface area contributed by atoms with Gasteiger partial charge in [-0.3, -0.25) is 9.59 Å². The van der Waals surface area contributed by atoms with Gasteiger partial charge in [-0.15, -0.1) is 0 Å². The van der Waals surface area contributed by atoms with Crippen molar-refractivity contribution in [2.75, 3.05) is 0 Å². The number of hydrogen-bond acceptors (Lipinski definition) is 3. The fraction of sp³-hybridized carbons (Fsp3) is 0.867. The first-order valence-electron chi connectivity index (χ1n) is 14.3. The van der Waals surface area contributed by atoms with E-state index >= 15 is 0 Å². The minimum Gasteiger partial charge on any atom is -0.462 e. The topological polar surface area (TPSA) is 43.4 Å². The number of carbonyl (C=O) groups excluding carboxylic acids is 2. The van der Waals surface area contributed by atoms with E-state index in [0.29, 0.717) is 24.0 Å². The minimum atomic E-state index is 0.0431. The number of esters is 1. The van der Waals surface area contributed by atoms with Crippen molar-refractivity contribution in [2.45, 2.75) is 136 Å². The molecule has 4 rings (SSSR count). The number of ether oxygens (including phenoxy) is 1. The van der Waals surface area contributed by atoms with Crippen LogP contribution in [0.3, 0.4) is 0 Å². The first-order chi connectivity index (χ1) is 15.9. The third-order valence-corrected chi connectivity index (χ3v) is 10.4. The van der Waals surface area contributed by atoms with Gasteiger partial charge in [0, 0.05) is 18.3 Å². The summed E-state index contributed by atoms with van der Waals surface area (Å²) >= 11 is 0. The minimum absolute atomic E-state index is 0.0431. The lowest BCUT2D eigenvalue weighted by molar-refractivity contribution is -0.160. The smallest absolute Gasteiger partial charge is 0.306 e. The Morgan fingerprint density at radius 2 is 1.64 bits per heavy atom. The van der Waals surface area contributed by atoms with Crippen LogP contribution in [-0.4, -0.2) is 17.9 Å². The molecule has 0 spiro atoms. The summed E-state index contributed by atoms with van der Waals surface area (Å²) in [5.74, 6) is 2.49. The van der Waals surface area contributed by atoms with Crippen molar-refractivity contribution in [1.29, 1.82) is 0 Å². The lowest BCUT2D eigenvalue weighted by Crippen LogP contribution is -2.51. The van der Waals surface area contributed by atoms with Gasteiger partial charge < -0.3 is 4.74 Å². The Morgan fingerprint density at radius 1 is 0.909 bits per heavy atom. The van der Waals surface area contributed by atoms with Crippen molar-refractivity contribution in [2.24, 2.45) is 28.6 Å². The normalized spacial score (nSPS) is 37.7. The van der Waals surface area contributed by atoms with Gasteiger partial charge in [0.15, 0.2) is 5.78 Å². The molecule has 0 heterocycles. The second kappa shape index (κ2) is 10.6. The van der Waals surface area contributed by atoms with E-state index < -0.39 is 0 Å². The zero-order chi connectivity index (χ0) is 23.5. The van der Waals surface area contributed by atoms with Crippen molar-refractivity contribution in [3.63, 3.8) is 0 Å². The van der Waals surface area contributed by atoms with E-state index in [2.05, 4.69) is 20.8 Å². The number of unbranched alkanes of at least 4 members (excludes halogenated alkanes) is 7. The van der Waals surface area contributed by atoms with Crippen LogP contribution in [0.15, 0.2) is 11.6 Å². The average molecular weight is 457 g/mol. The van der Waals surface area contributed by atoms with Gasteiger partial charge in [0.2, 0.25) is 0 Å². The molecule has 0 unspecified atom stereocenters. The van der Waals surface area contributed by atoms with E-state index in [1.807, 2.05) is 6.08 Å². The zero-order valence-corrected chi connectivity index (χ0v) is 21.6. The summed E-state index contributed by atoms with van der Waals surface area (Å²) < 4.78 is 6.17. The van der Waals surface area contributed by atoms with E-state index in [9.17, 15) is 9.59 Å². The summed E-state index contributed by atoms with van der Waals surface area (Å²) in [6, 6.07) is 0. The van der Waals surface area contributed by atoms with Gasteiger partial charge in [0.25, 0.3) is 0 Å². The van der Waals surface area contributed by atoms with E-state index in [1.54, 1.807) is 0 Å². The molecule has 4 aliphatic rings. The molecule has 3 fully saturated rings. The first-order valence-corrected chi connectivity index (χ1v) is 14.3. The fourth-order valence-corrected chi connectivity index (χ4v) is 8.33. The summed E-state index contributed by atoms with van der Waals surface area (Å²) in [5.41, 5.74) is 1.82. The Labute approximate surface area is 202 Å². The standard InChI is InChI=1S/C30H48O3/c1-4-5-6-7-8-9-10-11-12-28(32)33-27-16-15-25-24-14-13-22-21-23(31)17-19-29(22,2)26(24)18-20-30(25,27)3/h21,24-27H,4-20H2,1-3H3/t24-,25-,26-,27+,29+,30+/m1/s1. The Hall–Kier alpha value is -1.12. The molecule has 0 bridgehead atoms. The molecule has 0 N–H and O–H groups in total. The molecule has 3 heteroatoms. The largest absolute Gasteiger partial charge is 0.462 e. The van der Waals surface area contributed by atoms with Crippen LogP contribution in [0.5, 0.6) is 0 Å². The van der Waals surface area contributed by atoms with E-state index in [-0.39, 0.29) is 22.9 Å². The van der Waals surface area contributed by atoms with E-state index in [0.717, 1.165) is 44.4 Å². The summed E-state index contributed by atoms with van der Waals surface area (Å²) in [6.07, 6.45) is 21.5. The second-order valence-corrected chi connectivity index (χ2v) is 12.3. The highest BCUT2D eigenvalue weighted by Gasteiger charge is 2.59. The summed E-state index contributed by atoms with van der Waals surface area (Å²) in [5, 5.41) is 0. The molecule has 6 atom stereocenters. The quantitative estimate of drug-likeness (QED) is 0.247. The third kappa shape index (κ3) is 5.13. The predicted octanol–water partition coefficient (Wildman–Crippen LogP) is 7.96. The van der Waals surface area contributed by atoms with Crippen molar-refractivity contribution in [3.05, 3.63) is 11.6 Å². The predicted molar refractivity (Wildman–Crippen MR) is 134 cm³/mol. The van der Waals surface area contributed by atoms with Crippen molar-refractivity contribution in [3.8, 4) is 0 Å². The van der Waals surface area contributed by atoms with Crippen LogP contribution in [0, 0.1) is 28.6 Å². The van der Waals surface area contributed by atoms with Gasteiger partial charge in [0.05, 0.1) is 0 Å². The number of rotatable bonds is 10. The molecule has 0 aromatic heterocycles. The van der Waals surface area contributed by atoms with Crippen molar-refractivity contribution in [1.82, 2.24) is 0 Å². The maximum absolute atomic E-state index is 12.7. The summed E-state index contributed by atoms with van der Waals surface area (Å²) in [6.45, 7) is 7.13. The van der Waals surface area contributed by atoms with Crippen molar-refractivity contribution < 1.29 is 14.3 Å². The molecule has 0 amide bonds. The average Bonchev–Trinajstić information content (AvgIpc) is 3.12. The number of fused-ring (bicyclic) bond motifs is 5. The van der Waals surface area contributed by atoms with Crippen LogP contribution in [-0.2, 0) is 14.3 Å². The molecule has 3 saturated carbocycles. The maximum atomic E-state index is 12.7. The molecule has 186 valence electrons. The van der Waals surface area contributed by atoms with Crippen LogP contribution in [0.2, 0.25) is 0 Å². The Kier molecular flexibility index (Phi) is 8.06. The summed E-state index contributed by atoms with van der Waals surface area (Å²) in [7, 11) is 0. The lowest BCUT2D eigenvalue weighted by atomic mass is 9.47. The highest BCUT2D eigenvalue weighted by Crippen LogP contribution is 2.65. The Morgan fingerprint density at radius 3 is 2.39 bits per heavy atom. The molecule has 0 aromatic carbocycles. The van der Waals surface area contributed by atoms with Crippen LogP contribution in [0.4, 0.5) is 0 Å². The first kappa shape index (κ1) is 25.0. The molecular weight excluding hydrogens is 408 g/mol.